The highest BCUT2D eigenvalue weighted by molar-refractivity contribution is 9.10. The predicted octanol–water partition coefficient (Wildman–Crippen LogP) is 4.41. The normalized spacial score (nSPS) is 31.1. The van der Waals surface area contributed by atoms with Gasteiger partial charge in [-0.15, -0.1) is 0 Å². The maximum Gasteiger partial charge on any atom is 0.110 e. The van der Waals surface area contributed by atoms with E-state index in [1.807, 2.05) is 0 Å². The van der Waals surface area contributed by atoms with Crippen molar-refractivity contribution in [2.75, 3.05) is 30.3 Å². The molecule has 3 unspecified atom stereocenters. The molecule has 0 amide bonds. The molecule has 154 valence electrons. The van der Waals surface area contributed by atoms with Crippen LogP contribution in [0.5, 0.6) is 0 Å². The smallest absolute Gasteiger partial charge is 0.110 e. The number of β-amino-alcohol motifs (C(OH)–C–C–N with tert-alkyl or cyclic N) is 1. The number of rotatable bonds is 3. The third-order valence-corrected chi connectivity index (χ3v) is 7.57. The number of likely N-dealkylation sites (tertiary alicyclic amines) is 1. The van der Waals surface area contributed by atoms with E-state index in [0.29, 0.717) is 5.92 Å². The molecule has 3 N–H and O–H groups in total. The summed E-state index contributed by atoms with van der Waals surface area (Å²) in [5, 5.41) is 18.4. The standard InChI is InChI=1S/C24H30BrN3O/c1-15-3-6-21-22(9-15)27-24(2,26-21)20-7-8-28(14-23(20)29)13-16-10-17-4-5-19(25)12-18(17)11-16/h3-6,9,12,16,20,23,26-27,29H,7-8,10-11,13-14H2,1-2H3/t16-,20?,23?,24?/m0/s1. The molecule has 0 aromatic heterocycles. The van der Waals surface area contributed by atoms with Crippen LogP contribution in [0.25, 0.3) is 0 Å². The van der Waals surface area contributed by atoms with Gasteiger partial charge in [0.15, 0.2) is 0 Å². The molecule has 29 heavy (non-hydrogen) atoms. The highest BCUT2D eigenvalue weighted by Gasteiger charge is 2.45. The van der Waals surface area contributed by atoms with Crippen LogP contribution in [0.2, 0.25) is 0 Å². The molecule has 0 spiro atoms. The van der Waals surface area contributed by atoms with E-state index in [1.165, 1.54) is 21.2 Å². The Kier molecular flexibility index (Phi) is 4.88. The molecular formula is C24H30BrN3O. The molecule has 4 nitrogen and oxygen atoms in total. The van der Waals surface area contributed by atoms with Gasteiger partial charge in [0, 0.05) is 23.5 Å². The van der Waals surface area contributed by atoms with Gasteiger partial charge in [-0.1, -0.05) is 28.1 Å². The second kappa shape index (κ2) is 7.29. The summed E-state index contributed by atoms with van der Waals surface area (Å²) in [4.78, 5) is 2.47. The number of nitrogens with one attached hydrogen (secondary N) is 2. The summed E-state index contributed by atoms with van der Waals surface area (Å²) in [5.41, 5.74) is 6.23. The molecule has 2 heterocycles. The summed E-state index contributed by atoms with van der Waals surface area (Å²) < 4.78 is 1.18. The second-order valence-corrected chi connectivity index (χ2v) is 10.3. The summed E-state index contributed by atoms with van der Waals surface area (Å²) in [5.74, 6) is 0.844. The molecular weight excluding hydrogens is 426 g/mol. The first-order valence-corrected chi connectivity index (χ1v) is 11.5. The van der Waals surface area contributed by atoms with Crippen LogP contribution in [0, 0.1) is 18.8 Å². The maximum absolute atomic E-state index is 11.1. The molecule has 0 bridgehead atoms. The van der Waals surface area contributed by atoms with Crippen molar-refractivity contribution in [3.05, 3.63) is 57.6 Å². The molecule has 1 fully saturated rings. The third kappa shape index (κ3) is 3.69. The van der Waals surface area contributed by atoms with Crippen molar-refractivity contribution in [1.82, 2.24) is 4.90 Å². The molecule has 1 aliphatic carbocycles. The van der Waals surface area contributed by atoms with Gasteiger partial charge in [0.25, 0.3) is 0 Å². The molecule has 2 aromatic rings. The van der Waals surface area contributed by atoms with E-state index >= 15 is 0 Å². The third-order valence-electron chi connectivity index (χ3n) is 7.07. The number of aryl methyl sites for hydroxylation is 1. The molecule has 5 heteroatoms. The minimum atomic E-state index is -0.331. The summed E-state index contributed by atoms with van der Waals surface area (Å²) >= 11 is 3.59. The molecule has 5 rings (SSSR count). The Labute approximate surface area is 181 Å². The van der Waals surface area contributed by atoms with Crippen molar-refractivity contribution in [1.29, 1.82) is 0 Å². The fourth-order valence-corrected chi connectivity index (χ4v) is 6.06. The number of nitrogens with zero attached hydrogens (tertiary/aromatic N) is 1. The van der Waals surface area contributed by atoms with Gasteiger partial charge >= 0.3 is 0 Å². The summed E-state index contributed by atoms with van der Waals surface area (Å²) in [6, 6.07) is 13.1. The Morgan fingerprint density at radius 3 is 2.72 bits per heavy atom. The van der Waals surface area contributed by atoms with E-state index in [-0.39, 0.29) is 17.7 Å². The van der Waals surface area contributed by atoms with Crippen molar-refractivity contribution < 1.29 is 5.11 Å². The lowest BCUT2D eigenvalue weighted by Gasteiger charge is -2.44. The first-order chi connectivity index (χ1) is 13.9. The Bertz CT molecular complexity index is 932. The van der Waals surface area contributed by atoms with Gasteiger partial charge in [-0.2, -0.15) is 0 Å². The molecule has 4 atom stereocenters. The average Bonchev–Trinajstić information content (AvgIpc) is 3.20. The fraction of sp³-hybridized carbons (Fsp3) is 0.500. The topological polar surface area (TPSA) is 47.5 Å². The molecule has 1 saturated heterocycles. The number of halogens is 1. The summed E-state index contributed by atoms with van der Waals surface area (Å²) in [7, 11) is 0. The highest BCUT2D eigenvalue weighted by Crippen LogP contribution is 2.41. The van der Waals surface area contributed by atoms with Gasteiger partial charge in [0.1, 0.15) is 5.66 Å². The van der Waals surface area contributed by atoms with Gasteiger partial charge in [-0.3, -0.25) is 0 Å². The SMILES string of the molecule is Cc1ccc2c(c1)NC(C)(C1CCN(C[C@H]3Cc4ccc(Br)cc4C3)CC1O)N2. The van der Waals surface area contributed by atoms with Gasteiger partial charge in [-0.05, 0) is 86.5 Å². The molecule has 3 aliphatic rings. The zero-order valence-electron chi connectivity index (χ0n) is 17.2. The summed E-state index contributed by atoms with van der Waals surface area (Å²) in [6.45, 7) is 7.19. The van der Waals surface area contributed by atoms with Crippen LogP contribution in [-0.4, -0.2) is 41.4 Å². The lowest BCUT2D eigenvalue weighted by Crippen LogP contribution is -2.57. The number of aliphatic hydroxyl groups is 1. The Balaban J connectivity index is 1.21. The monoisotopic (exact) mass is 455 g/mol. The van der Waals surface area contributed by atoms with Crippen LogP contribution in [0.15, 0.2) is 40.9 Å². The fourth-order valence-electron chi connectivity index (χ4n) is 5.66. The number of aliphatic hydroxyl groups excluding tert-OH is 1. The molecule has 0 saturated carbocycles. The van der Waals surface area contributed by atoms with Crippen LogP contribution >= 0.6 is 15.9 Å². The Morgan fingerprint density at radius 1 is 1.10 bits per heavy atom. The van der Waals surface area contributed by atoms with Crippen LogP contribution in [0.3, 0.4) is 0 Å². The largest absolute Gasteiger partial charge is 0.391 e. The van der Waals surface area contributed by atoms with Gasteiger partial charge < -0.3 is 20.6 Å². The number of piperidine rings is 1. The van der Waals surface area contributed by atoms with Crippen LogP contribution in [0.4, 0.5) is 11.4 Å². The first kappa shape index (κ1) is 19.4. The van der Waals surface area contributed by atoms with Gasteiger partial charge in [0.2, 0.25) is 0 Å². The lowest BCUT2D eigenvalue weighted by atomic mass is 9.83. The van der Waals surface area contributed by atoms with Crippen molar-refractivity contribution in [3.63, 3.8) is 0 Å². The maximum atomic E-state index is 11.1. The highest BCUT2D eigenvalue weighted by atomic mass is 79.9. The van der Waals surface area contributed by atoms with Crippen LogP contribution < -0.4 is 10.6 Å². The van der Waals surface area contributed by atoms with Crippen molar-refractivity contribution >= 4 is 27.3 Å². The average molecular weight is 456 g/mol. The van der Waals surface area contributed by atoms with E-state index in [1.54, 1.807) is 0 Å². The number of fused-ring (bicyclic) bond motifs is 2. The zero-order chi connectivity index (χ0) is 20.2. The van der Waals surface area contributed by atoms with Crippen molar-refractivity contribution in [2.24, 2.45) is 11.8 Å². The van der Waals surface area contributed by atoms with E-state index in [4.69, 9.17) is 0 Å². The first-order valence-electron chi connectivity index (χ1n) is 10.7. The number of hydrogen-bond acceptors (Lipinski definition) is 4. The van der Waals surface area contributed by atoms with Crippen molar-refractivity contribution in [3.8, 4) is 0 Å². The zero-order valence-corrected chi connectivity index (χ0v) is 18.8. The van der Waals surface area contributed by atoms with Crippen LogP contribution in [-0.2, 0) is 12.8 Å². The minimum Gasteiger partial charge on any atom is -0.391 e. The minimum absolute atomic E-state index is 0.184. The number of benzene rings is 2. The predicted molar refractivity (Wildman–Crippen MR) is 122 cm³/mol. The van der Waals surface area contributed by atoms with E-state index < -0.39 is 0 Å². The van der Waals surface area contributed by atoms with E-state index in [9.17, 15) is 5.11 Å². The van der Waals surface area contributed by atoms with E-state index in [0.717, 1.165) is 50.3 Å². The molecule has 2 aliphatic heterocycles. The van der Waals surface area contributed by atoms with Crippen molar-refractivity contribution in [2.45, 2.75) is 44.9 Å². The Hall–Kier alpha value is -1.56. The molecule has 0 radical (unpaired) electrons. The Morgan fingerprint density at radius 2 is 1.90 bits per heavy atom. The van der Waals surface area contributed by atoms with E-state index in [2.05, 4.69) is 81.7 Å². The van der Waals surface area contributed by atoms with Crippen LogP contribution in [0.1, 0.15) is 30.0 Å². The van der Waals surface area contributed by atoms with Gasteiger partial charge in [0.05, 0.1) is 17.5 Å². The number of hydrogen-bond donors (Lipinski definition) is 3. The van der Waals surface area contributed by atoms with Gasteiger partial charge in [-0.25, -0.2) is 0 Å². The lowest BCUT2D eigenvalue weighted by molar-refractivity contribution is -0.00243. The summed E-state index contributed by atoms with van der Waals surface area (Å²) in [6.07, 6.45) is 2.98. The second-order valence-electron chi connectivity index (χ2n) is 9.41. The molecule has 2 aromatic carbocycles. The number of anilines is 2. The quantitative estimate of drug-likeness (QED) is 0.641.